The number of rotatable bonds is 0. The molecule has 1 fully saturated rings. The summed E-state index contributed by atoms with van der Waals surface area (Å²) in [5.41, 5.74) is 0. The summed E-state index contributed by atoms with van der Waals surface area (Å²) >= 11 is 0. The third kappa shape index (κ3) is 0.608. The molecule has 0 heterocycles. The molecule has 0 radical (unpaired) electrons. The van der Waals surface area contributed by atoms with Crippen molar-refractivity contribution in [1.82, 2.24) is 0 Å². The van der Waals surface area contributed by atoms with Gasteiger partial charge in [-0.05, 0) is 6.42 Å². The first-order valence-corrected chi connectivity index (χ1v) is 2.19. The summed E-state index contributed by atoms with van der Waals surface area (Å²) in [5.74, 6) is -2.76. The van der Waals surface area contributed by atoms with E-state index in [1.807, 2.05) is 0 Å². The quantitative estimate of drug-likeness (QED) is 0.486. The van der Waals surface area contributed by atoms with Crippen molar-refractivity contribution in [2.24, 2.45) is 0 Å². The highest BCUT2D eigenvalue weighted by atomic mass is 19.3. The first kappa shape index (κ1) is 4.97. The average Bonchev–Trinajstić information content (AvgIpc) is 1.63. The van der Waals surface area contributed by atoms with Gasteiger partial charge in [0.1, 0.15) is 6.10 Å². The minimum absolute atomic E-state index is 0.145. The van der Waals surface area contributed by atoms with E-state index in [0.29, 0.717) is 0 Å². The van der Waals surface area contributed by atoms with Gasteiger partial charge in [0.15, 0.2) is 0 Å². The lowest BCUT2D eigenvalue weighted by atomic mass is 9.91. The largest absolute Gasteiger partial charge is 0.387 e. The standard InChI is InChI=1S/C4H6F2O/c5-4(6)2-1-3(4)7/h3,7H,1-2H2. The van der Waals surface area contributed by atoms with Crippen LogP contribution < -0.4 is 0 Å². The Kier molecular flexibility index (Phi) is 0.819. The lowest BCUT2D eigenvalue weighted by Crippen LogP contribution is -2.43. The molecule has 0 aromatic heterocycles. The van der Waals surface area contributed by atoms with Crippen molar-refractivity contribution in [3.05, 3.63) is 0 Å². The van der Waals surface area contributed by atoms with Gasteiger partial charge in [0, 0.05) is 6.42 Å². The predicted molar refractivity (Wildman–Crippen MR) is 20.2 cm³/mol. The maximum Gasteiger partial charge on any atom is 0.273 e. The van der Waals surface area contributed by atoms with E-state index in [9.17, 15) is 8.78 Å². The fourth-order valence-corrected chi connectivity index (χ4v) is 0.492. The molecule has 0 spiro atoms. The predicted octanol–water partition coefficient (Wildman–Crippen LogP) is 0.776. The molecule has 7 heavy (non-hydrogen) atoms. The number of hydrogen-bond donors (Lipinski definition) is 1. The van der Waals surface area contributed by atoms with Gasteiger partial charge in [0.2, 0.25) is 0 Å². The van der Waals surface area contributed by atoms with Crippen molar-refractivity contribution in [2.45, 2.75) is 24.9 Å². The van der Waals surface area contributed by atoms with Gasteiger partial charge in [-0.2, -0.15) is 0 Å². The molecule has 0 saturated heterocycles. The van der Waals surface area contributed by atoms with Crippen LogP contribution in [0.25, 0.3) is 0 Å². The highest BCUT2D eigenvalue weighted by Gasteiger charge is 2.47. The van der Waals surface area contributed by atoms with Crippen molar-refractivity contribution in [3.63, 3.8) is 0 Å². The second-order valence-corrected chi connectivity index (χ2v) is 1.82. The summed E-state index contributed by atoms with van der Waals surface area (Å²) < 4.78 is 23.4. The number of aliphatic hydroxyl groups is 1. The number of hydrogen-bond acceptors (Lipinski definition) is 1. The third-order valence-corrected chi connectivity index (χ3v) is 1.24. The normalized spacial score (nSPS) is 37.3. The molecule has 1 aliphatic rings. The van der Waals surface area contributed by atoms with E-state index in [1.54, 1.807) is 0 Å². The molecule has 1 aliphatic carbocycles. The molecule has 1 nitrogen and oxygen atoms in total. The summed E-state index contributed by atoms with van der Waals surface area (Å²) in [4.78, 5) is 0. The highest BCUT2D eigenvalue weighted by Crippen LogP contribution is 2.36. The third-order valence-electron chi connectivity index (χ3n) is 1.24. The molecule has 1 N–H and O–H groups in total. The Hall–Kier alpha value is -0.180. The number of alkyl halides is 2. The fraction of sp³-hybridized carbons (Fsp3) is 1.00. The van der Waals surface area contributed by atoms with Crippen LogP contribution in [0.4, 0.5) is 8.78 Å². The van der Waals surface area contributed by atoms with Crippen molar-refractivity contribution in [3.8, 4) is 0 Å². The molecule has 1 atom stereocenters. The summed E-state index contributed by atoms with van der Waals surface area (Å²) in [6.45, 7) is 0. The van der Waals surface area contributed by atoms with Crippen LogP contribution in [-0.4, -0.2) is 17.1 Å². The second-order valence-electron chi connectivity index (χ2n) is 1.82. The first-order valence-electron chi connectivity index (χ1n) is 2.19. The van der Waals surface area contributed by atoms with Gasteiger partial charge in [-0.3, -0.25) is 0 Å². The Morgan fingerprint density at radius 2 is 2.00 bits per heavy atom. The second kappa shape index (κ2) is 1.15. The molecule has 42 valence electrons. The van der Waals surface area contributed by atoms with E-state index in [4.69, 9.17) is 5.11 Å². The zero-order chi connectivity index (χ0) is 5.49. The molecule has 1 saturated carbocycles. The van der Waals surface area contributed by atoms with Crippen molar-refractivity contribution >= 4 is 0 Å². The van der Waals surface area contributed by atoms with Gasteiger partial charge < -0.3 is 5.11 Å². The minimum atomic E-state index is -2.76. The van der Waals surface area contributed by atoms with E-state index in [-0.39, 0.29) is 12.8 Å². The van der Waals surface area contributed by atoms with Crippen LogP contribution in [0.3, 0.4) is 0 Å². The minimum Gasteiger partial charge on any atom is -0.387 e. The van der Waals surface area contributed by atoms with Gasteiger partial charge in [0.25, 0.3) is 5.92 Å². The van der Waals surface area contributed by atoms with Gasteiger partial charge in [-0.15, -0.1) is 0 Å². The van der Waals surface area contributed by atoms with E-state index < -0.39 is 12.0 Å². The maximum atomic E-state index is 11.7. The molecule has 1 rings (SSSR count). The lowest BCUT2D eigenvalue weighted by molar-refractivity contribution is -0.175. The van der Waals surface area contributed by atoms with Gasteiger partial charge >= 0.3 is 0 Å². The van der Waals surface area contributed by atoms with Crippen LogP contribution >= 0.6 is 0 Å². The van der Waals surface area contributed by atoms with E-state index in [2.05, 4.69) is 0 Å². The van der Waals surface area contributed by atoms with Crippen LogP contribution in [0.1, 0.15) is 12.8 Å². The molecule has 0 bridgehead atoms. The summed E-state index contributed by atoms with van der Waals surface area (Å²) in [6.07, 6.45) is -1.24. The summed E-state index contributed by atoms with van der Waals surface area (Å²) in [6, 6.07) is 0. The molecule has 1 unspecified atom stereocenters. The van der Waals surface area contributed by atoms with Crippen LogP contribution in [-0.2, 0) is 0 Å². The molecule has 0 aromatic rings. The van der Waals surface area contributed by atoms with E-state index >= 15 is 0 Å². The molecule has 3 heteroatoms. The molecular weight excluding hydrogens is 102 g/mol. The highest BCUT2D eigenvalue weighted by molar-refractivity contribution is 4.87. The first-order chi connectivity index (χ1) is 3.13. The van der Waals surface area contributed by atoms with Crippen molar-refractivity contribution in [2.75, 3.05) is 0 Å². The van der Waals surface area contributed by atoms with Crippen LogP contribution in [0.15, 0.2) is 0 Å². The van der Waals surface area contributed by atoms with Gasteiger partial charge in [0.05, 0.1) is 0 Å². The van der Waals surface area contributed by atoms with Crippen LogP contribution in [0.5, 0.6) is 0 Å². The van der Waals surface area contributed by atoms with Gasteiger partial charge in [-0.25, -0.2) is 8.78 Å². The topological polar surface area (TPSA) is 20.2 Å². The smallest absolute Gasteiger partial charge is 0.273 e. The van der Waals surface area contributed by atoms with Crippen LogP contribution in [0.2, 0.25) is 0 Å². The Labute approximate surface area is 40.0 Å². The average molecular weight is 108 g/mol. The molecule has 0 aliphatic heterocycles. The van der Waals surface area contributed by atoms with Crippen molar-refractivity contribution < 1.29 is 13.9 Å². The zero-order valence-electron chi connectivity index (χ0n) is 3.69. The van der Waals surface area contributed by atoms with Crippen LogP contribution in [0, 0.1) is 0 Å². The SMILES string of the molecule is OC1CCC1(F)F. The van der Waals surface area contributed by atoms with E-state index in [0.717, 1.165) is 0 Å². The Morgan fingerprint density at radius 1 is 1.57 bits per heavy atom. The summed E-state index contributed by atoms with van der Waals surface area (Å²) in [5, 5.41) is 8.23. The maximum absolute atomic E-state index is 11.7. The van der Waals surface area contributed by atoms with E-state index in [1.165, 1.54) is 0 Å². The fourth-order valence-electron chi connectivity index (χ4n) is 0.492. The number of halogens is 2. The lowest BCUT2D eigenvalue weighted by Gasteiger charge is -2.31. The van der Waals surface area contributed by atoms with Gasteiger partial charge in [-0.1, -0.05) is 0 Å². The molecule has 0 amide bonds. The molecular formula is C4H6F2O. The Morgan fingerprint density at radius 3 is 2.00 bits per heavy atom. The zero-order valence-corrected chi connectivity index (χ0v) is 3.69. The molecule has 0 aromatic carbocycles. The van der Waals surface area contributed by atoms with Crippen molar-refractivity contribution in [1.29, 1.82) is 0 Å². The monoisotopic (exact) mass is 108 g/mol. The summed E-state index contributed by atoms with van der Waals surface area (Å²) in [7, 11) is 0. The number of aliphatic hydroxyl groups excluding tert-OH is 1. The Bertz CT molecular complexity index is 81.8. The Balaban J connectivity index is 2.43.